The standard InChI is InChI=1S/C38H42F3N6O5P/c1-5-27-30(40)13-12-24-10-8-11-28(32(24)27)34-33(41)35-29(19-42-34)36(44-37(43-35)50-23-38-15-9-16-47(38)20-25(39)18-38)45(4)26-14-17-46(21-26)31(48)22-53(49,51-6-2)52-7-3/h1,8,10-13,19,25-26H,6-7,9,14-18,20-23H2,2-4H3/t25-,26-,38+/m1/s1. The Hall–Kier alpha value is -4.28. The van der Waals surface area contributed by atoms with E-state index in [9.17, 15) is 18.1 Å². The van der Waals surface area contributed by atoms with E-state index in [2.05, 4.69) is 20.8 Å². The summed E-state index contributed by atoms with van der Waals surface area (Å²) in [6.45, 7) is 5.55. The first-order valence-corrected chi connectivity index (χ1v) is 19.7. The molecule has 7 rings (SSSR count). The van der Waals surface area contributed by atoms with Gasteiger partial charge in [-0.25, -0.2) is 13.2 Å². The monoisotopic (exact) mass is 750 g/mol. The molecule has 0 N–H and O–H groups in total. The highest BCUT2D eigenvalue weighted by molar-refractivity contribution is 7.54. The van der Waals surface area contributed by atoms with Crippen LogP contribution >= 0.6 is 7.60 Å². The Balaban J connectivity index is 1.26. The number of pyridine rings is 1. The molecule has 15 heteroatoms. The lowest BCUT2D eigenvalue weighted by molar-refractivity contribution is -0.127. The number of hydrogen-bond donors (Lipinski definition) is 0. The maximum atomic E-state index is 16.9. The van der Waals surface area contributed by atoms with Crippen LogP contribution in [-0.2, 0) is 18.4 Å². The van der Waals surface area contributed by atoms with Crippen molar-refractivity contribution in [2.24, 2.45) is 0 Å². The van der Waals surface area contributed by atoms with Gasteiger partial charge in [-0.3, -0.25) is 19.2 Å². The van der Waals surface area contributed by atoms with E-state index in [-0.39, 0.29) is 72.6 Å². The third-order valence-corrected chi connectivity index (χ3v) is 12.6. The number of nitrogens with zero attached hydrogens (tertiary/aromatic N) is 6. The molecule has 0 aliphatic carbocycles. The van der Waals surface area contributed by atoms with Crippen molar-refractivity contribution in [2.45, 2.75) is 57.3 Å². The van der Waals surface area contributed by atoms with E-state index >= 15 is 4.39 Å². The highest BCUT2D eigenvalue weighted by Gasteiger charge is 2.49. The number of benzene rings is 2. The van der Waals surface area contributed by atoms with Crippen molar-refractivity contribution in [1.82, 2.24) is 24.8 Å². The number of alkyl halides is 1. The zero-order valence-corrected chi connectivity index (χ0v) is 30.9. The number of carbonyl (C=O) groups excluding carboxylic acids is 1. The fraction of sp³-hybridized carbons (Fsp3) is 0.474. The molecule has 0 spiro atoms. The lowest BCUT2D eigenvalue weighted by atomic mass is 9.95. The quantitative estimate of drug-likeness (QED) is 0.120. The highest BCUT2D eigenvalue weighted by Crippen LogP contribution is 2.48. The van der Waals surface area contributed by atoms with Gasteiger partial charge in [0.2, 0.25) is 5.91 Å². The highest BCUT2D eigenvalue weighted by atomic mass is 31.2. The first kappa shape index (κ1) is 37.1. The zero-order chi connectivity index (χ0) is 37.5. The molecule has 0 bridgehead atoms. The van der Waals surface area contributed by atoms with Crippen LogP contribution in [-0.4, -0.2) is 108 Å². The van der Waals surface area contributed by atoms with E-state index in [0.717, 1.165) is 19.4 Å². The fourth-order valence-corrected chi connectivity index (χ4v) is 9.70. The third-order valence-electron chi connectivity index (χ3n) is 10.6. The zero-order valence-electron chi connectivity index (χ0n) is 30.0. The maximum absolute atomic E-state index is 16.9. The molecule has 2 aromatic heterocycles. The number of carbonyl (C=O) groups is 1. The third kappa shape index (κ3) is 6.96. The summed E-state index contributed by atoms with van der Waals surface area (Å²) in [5.74, 6) is 0.976. The number of amides is 1. The average molecular weight is 751 g/mol. The minimum absolute atomic E-state index is 0.00571. The Morgan fingerprint density at radius 1 is 1.13 bits per heavy atom. The first-order valence-electron chi connectivity index (χ1n) is 17.9. The fourth-order valence-electron chi connectivity index (χ4n) is 8.13. The molecule has 3 fully saturated rings. The molecule has 0 radical (unpaired) electrons. The predicted octanol–water partition coefficient (Wildman–Crippen LogP) is 6.36. The van der Waals surface area contributed by atoms with Gasteiger partial charge in [0.25, 0.3) is 0 Å². The number of ether oxygens (including phenoxy) is 1. The van der Waals surface area contributed by atoms with Crippen LogP contribution in [0.4, 0.5) is 19.0 Å². The average Bonchev–Trinajstić information content (AvgIpc) is 3.85. The van der Waals surface area contributed by atoms with Crippen molar-refractivity contribution in [2.75, 3.05) is 64.1 Å². The number of rotatable bonds is 12. The van der Waals surface area contributed by atoms with Gasteiger partial charge in [-0.1, -0.05) is 30.2 Å². The molecular formula is C38H42F3N6O5P. The lowest BCUT2D eigenvalue weighted by Gasteiger charge is -2.31. The molecule has 0 saturated carbocycles. The van der Waals surface area contributed by atoms with E-state index < -0.39 is 30.9 Å². The van der Waals surface area contributed by atoms with E-state index in [1.54, 1.807) is 50.1 Å². The summed E-state index contributed by atoms with van der Waals surface area (Å²) in [6.07, 6.45) is 8.39. The number of anilines is 1. The van der Waals surface area contributed by atoms with Crippen LogP contribution in [0.3, 0.4) is 0 Å². The molecule has 3 aliphatic heterocycles. The molecule has 5 heterocycles. The van der Waals surface area contributed by atoms with Crippen LogP contribution in [0.2, 0.25) is 0 Å². The Kier molecular flexibility index (Phi) is 10.4. The molecule has 1 amide bonds. The summed E-state index contributed by atoms with van der Waals surface area (Å²) in [5, 5.41) is 1.25. The summed E-state index contributed by atoms with van der Waals surface area (Å²) >= 11 is 0. The van der Waals surface area contributed by atoms with Gasteiger partial charge in [0.05, 0.1) is 29.7 Å². The Labute approximate surface area is 306 Å². The van der Waals surface area contributed by atoms with Crippen LogP contribution in [0.15, 0.2) is 36.5 Å². The molecule has 280 valence electrons. The van der Waals surface area contributed by atoms with Crippen molar-refractivity contribution >= 4 is 41.0 Å². The summed E-state index contributed by atoms with van der Waals surface area (Å²) < 4.78 is 76.5. The molecule has 53 heavy (non-hydrogen) atoms. The smallest absolute Gasteiger partial charge is 0.340 e. The van der Waals surface area contributed by atoms with Crippen LogP contribution < -0.4 is 9.64 Å². The minimum Gasteiger partial charge on any atom is -0.461 e. The second-order valence-electron chi connectivity index (χ2n) is 13.8. The van der Waals surface area contributed by atoms with E-state index in [1.807, 2.05) is 4.90 Å². The molecule has 11 nitrogen and oxygen atoms in total. The Morgan fingerprint density at radius 3 is 2.68 bits per heavy atom. The molecule has 0 unspecified atom stereocenters. The number of fused-ring (bicyclic) bond motifs is 3. The molecule has 3 aliphatic rings. The minimum atomic E-state index is -3.61. The van der Waals surface area contributed by atoms with Crippen molar-refractivity contribution in [3.05, 3.63) is 53.7 Å². The predicted molar refractivity (Wildman–Crippen MR) is 196 cm³/mol. The van der Waals surface area contributed by atoms with E-state index in [4.69, 9.17) is 25.2 Å². The van der Waals surface area contributed by atoms with Gasteiger partial charge in [0.15, 0.2) is 5.82 Å². The molecule has 4 aromatic rings. The van der Waals surface area contributed by atoms with Crippen molar-refractivity contribution in [1.29, 1.82) is 0 Å². The van der Waals surface area contributed by atoms with Gasteiger partial charge in [0, 0.05) is 56.3 Å². The summed E-state index contributed by atoms with van der Waals surface area (Å²) in [5.41, 5.74) is -0.362. The van der Waals surface area contributed by atoms with Gasteiger partial charge in [-0.05, 0) is 51.1 Å². The molecule has 3 atom stereocenters. The van der Waals surface area contributed by atoms with Gasteiger partial charge < -0.3 is 23.6 Å². The van der Waals surface area contributed by atoms with Crippen molar-refractivity contribution in [3.63, 3.8) is 0 Å². The number of likely N-dealkylation sites (tertiary alicyclic amines) is 1. The van der Waals surface area contributed by atoms with Gasteiger partial charge >= 0.3 is 13.6 Å². The topological polar surface area (TPSA) is 110 Å². The van der Waals surface area contributed by atoms with Gasteiger partial charge in [0.1, 0.15) is 41.8 Å². The molecular weight excluding hydrogens is 708 g/mol. The number of likely N-dealkylation sites (N-methyl/N-ethyl adjacent to an activating group) is 1. The second-order valence-corrected chi connectivity index (χ2v) is 15.9. The second kappa shape index (κ2) is 14.9. The number of halogens is 3. The van der Waals surface area contributed by atoms with E-state index in [1.165, 1.54) is 12.3 Å². The number of hydrogen-bond acceptors (Lipinski definition) is 10. The Morgan fingerprint density at radius 2 is 1.92 bits per heavy atom. The number of aromatic nitrogens is 3. The maximum Gasteiger partial charge on any atom is 0.340 e. The molecule has 3 saturated heterocycles. The van der Waals surface area contributed by atoms with Crippen molar-refractivity contribution < 1.29 is 36.3 Å². The summed E-state index contributed by atoms with van der Waals surface area (Å²) in [7, 11) is -1.82. The lowest BCUT2D eigenvalue weighted by Crippen LogP contribution is -2.43. The Bertz CT molecular complexity index is 2140. The summed E-state index contributed by atoms with van der Waals surface area (Å²) in [6, 6.07) is 7.61. The van der Waals surface area contributed by atoms with Gasteiger partial charge in [-0.2, -0.15) is 9.97 Å². The first-order chi connectivity index (χ1) is 25.5. The van der Waals surface area contributed by atoms with Crippen LogP contribution in [0.1, 0.15) is 45.1 Å². The SMILES string of the molecule is C#Cc1c(F)ccc2cccc(-c3ncc4c(N(C)[C@@H]5CCN(C(=O)CP(=O)(OCC)OCC)C5)nc(OC[C@@]56CCCN5C[C@H](F)C6)nc4c3F)c12. The van der Waals surface area contributed by atoms with Gasteiger partial charge in [-0.15, -0.1) is 6.42 Å². The van der Waals surface area contributed by atoms with Crippen LogP contribution in [0.5, 0.6) is 6.01 Å². The van der Waals surface area contributed by atoms with Crippen molar-refractivity contribution in [3.8, 4) is 29.6 Å². The number of terminal acetylenes is 1. The van der Waals surface area contributed by atoms with E-state index in [0.29, 0.717) is 48.1 Å². The normalized spacial score (nSPS) is 21.7. The van der Waals surface area contributed by atoms with Crippen LogP contribution in [0, 0.1) is 24.0 Å². The summed E-state index contributed by atoms with van der Waals surface area (Å²) in [4.78, 5) is 32.7. The molecule has 2 aromatic carbocycles. The largest absolute Gasteiger partial charge is 0.461 e. The van der Waals surface area contributed by atoms with Crippen LogP contribution in [0.25, 0.3) is 32.9 Å².